The molecule has 0 aliphatic carbocycles. The highest BCUT2D eigenvalue weighted by Crippen LogP contribution is 2.39. The molecule has 0 aliphatic rings. The Balaban J connectivity index is 1.68. The fourth-order valence-corrected chi connectivity index (χ4v) is 4.10. The Hall–Kier alpha value is -4.04. The summed E-state index contributed by atoms with van der Waals surface area (Å²) in [5, 5.41) is 25.6. The number of aromatic hydroxyl groups is 1. The van der Waals surface area contributed by atoms with E-state index in [0.717, 1.165) is 21.7 Å². The van der Waals surface area contributed by atoms with E-state index in [2.05, 4.69) is 42.6 Å². The molecule has 0 aliphatic heterocycles. The molecule has 4 rings (SSSR count). The Morgan fingerprint density at radius 2 is 1.81 bits per heavy atom. The van der Waals surface area contributed by atoms with E-state index in [9.17, 15) is 15.2 Å². The molecule has 2 N–H and O–H groups in total. The van der Waals surface area contributed by atoms with E-state index >= 15 is 0 Å². The summed E-state index contributed by atoms with van der Waals surface area (Å²) in [6, 6.07) is 20.0. The van der Waals surface area contributed by atoms with Gasteiger partial charge in [0.1, 0.15) is 5.75 Å². The summed E-state index contributed by atoms with van der Waals surface area (Å²) < 4.78 is 0. The van der Waals surface area contributed by atoms with Crippen LogP contribution in [0, 0.1) is 24.0 Å². The lowest BCUT2D eigenvalue weighted by Gasteiger charge is -2.05. The number of nitrogens with zero attached hydrogens (tertiary/aromatic N) is 3. The number of aromatic nitrogens is 1. The van der Waals surface area contributed by atoms with Crippen molar-refractivity contribution in [1.29, 1.82) is 0 Å². The minimum atomic E-state index is -0.521. The quantitative estimate of drug-likeness (QED) is 0.211. The van der Waals surface area contributed by atoms with Gasteiger partial charge >= 0.3 is 0 Å². The van der Waals surface area contributed by atoms with Crippen LogP contribution in [0.25, 0.3) is 21.7 Å². The summed E-state index contributed by atoms with van der Waals surface area (Å²) in [7, 11) is 0. The molecule has 160 valence electrons. The van der Waals surface area contributed by atoms with E-state index in [1.54, 1.807) is 0 Å². The first kappa shape index (κ1) is 21.2. The predicted molar refractivity (Wildman–Crippen MR) is 128 cm³/mol. The normalized spacial score (nSPS) is 11.1. The number of non-ortho nitro benzene ring substituents is 1. The Bertz CT molecular complexity index is 1320. The number of nitrogens with one attached hydrogen (secondary N) is 1. The number of thiazole rings is 1. The Kier molecular flexibility index (Phi) is 5.96. The number of nitro benzene ring substituents is 1. The van der Waals surface area contributed by atoms with Crippen molar-refractivity contribution in [3.63, 3.8) is 0 Å². The number of rotatable bonds is 6. The van der Waals surface area contributed by atoms with Gasteiger partial charge in [0.05, 0.1) is 21.7 Å². The molecule has 1 heterocycles. The SMILES string of the molecule is Cc1ccc(-c2nc(N/N=C\c3cc([N+](=O)[O-])ccc3O)sc2-c2ccccc2)cc1C. The molecule has 4 aromatic rings. The maximum atomic E-state index is 11.0. The zero-order chi connectivity index (χ0) is 22.7. The third kappa shape index (κ3) is 4.50. The van der Waals surface area contributed by atoms with Gasteiger partial charge in [0, 0.05) is 23.3 Å². The summed E-state index contributed by atoms with van der Waals surface area (Å²) in [6.45, 7) is 4.14. The summed E-state index contributed by atoms with van der Waals surface area (Å²) in [6.07, 6.45) is 1.33. The van der Waals surface area contributed by atoms with Gasteiger partial charge in [0.25, 0.3) is 5.69 Å². The van der Waals surface area contributed by atoms with Gasteiger partial charge in [0.15, 0.2) is 0 Å². The molecular formula is C24H20N4O3S. The van der Waals surface area contributed by atoms with Crippen LogP contribution in [-0.2, 0) is 0 Å². The zero-order valence-electron chi connectivity index (χ0n) is 17.4. The fraction of sp³-hybridized carbons (Fsp3) is 0.0833. The second-order valence-electron chi connectivity index (χ2n) is 7.23. The first-order chi connectivity index (χ1) is 15.4. The molecule has 0 atom stereocenters. The molecule has 0 spiro atoms. The highest BCUT2D eigenvalue weighted by Gasteiger charge is 2.15. The molecule has 0 bridgehead atoms. The largest absolute Gasteiger partial charge is 0.507 e. The molecule has 3 aromatic carbocycles. The smallest absolute Gasteiger partial charge is 0.270 e. The van der Waals surface area contributed by atoms with Crippen molar-refractivity contribution in [1.82, 2.24) is 4.98 Å². The van der Waals surface area contributed by atoms with Crippen molar-refractivity contribution in [2.75, 3.05) is 5.43 Å². The van der Waals surface area contributed by atoms with Gasteiger partial charge in [0.2, 0.25) is 5.13 Å². The van der Waals surface area contributed by atoms with Crippen molar-refractivity contribution < 1.29 is 10.0 Å². The van der Waals surface area contributed by atoms with Crippen LogP contribution in [-0.4, -0.2) is 21.2 Å². The van der Waals surface area contributed by atoms with Crippen LogP contribution < -0.4 is 5.43 Å². The van der Waals surface area contributed by atoms with E-state index < -0.39 is 4.92 Å². The van der Waals surface area contributed by atoms with Crippen LogP contribution in [0.4, 0.5) is 10.8 Å². The molecule has 0 saturated heterocycles. The minimum Gasteiger partial charge on any atom is -0.507 e. The van der Waals surface area contributed by atoms with Crippen LogP contribution in [0.2, 0.25) is 0 Å². The molecule has 0 saturated carbocycles. The number of hydrazone groups is 1. The van der Waals surface area contributed by atoms with Crippen LogP contribution in [0.5, 0.6) is 5.75 Å². The maximum absolute atomic E-state index is 11.0. The Morgan fingerprint density at radius 3 is 2.53 bits per heavy atom. The number of aryl methyl sites for hydroxylation is 2. The number of phenolic OH excluding ortho intramolecular Hbond substituents is 1. The lowest BCUT2D eigenvalue weighted by Crippen LogP contribution is -1.93. The van der Waals surface area contributed by atoms with Crippen molar-refractivity contribution in [2.45, 2.75) is 13.8 Å². The molecule has 8 heteroatoms. The predicted octanol–water partition coefficient (Wildman–Crippen LogP) is 6.15. The molecule has 0 unspecified atom stereocenters. The third-order valence-corrected chi connectivity index (χ3v) is 6.04. The minimum absolute atomic E-state index is 0.0962. The van der Waals surface area contributed by atoms with Gasteiger partial charge in [-0.1, -0.05) is 53.8 Å². The molecule has 0 fully saturated rings. The van der Waals surface area contributed by atoms with Crippen LogP contribution >= 0.6 is 11.3 Å². The molecule has 7 nitrogen and oxygen atoms in total. The number of benzene rings is 3. The lowest BCUT2D eigenvalue weighted by molar-refractivity contribution is -0.384. The highest BCUT2D eigenvalue weighted by atomic mass is 32.1. The summed E-state index contributed by atoms with van der Waals surface area (Å²) in [4.78, 5) is 16.2. The van der Waals surface area contributed by atoms with Crippen molar-refractivity contribution in [3.05, 3.63) is 93.5 Å². The fourth-order valence-electron chi connectivity index (χ4n) is 3.15. The second kappa shape index (κ2) is 8.99. The number of hydrogen-bond donors (Lipinski definition) is 2. The van der Waals surface area contributed by atoms with Crippen molar-refractivity contribution in [3.8, 4) is 27.4 Å². The number of anilines is 1. The molecule has 0 amide bonds. The molecular weight excluding hydrogens is 424 g/mol. The standard InChI is InChI=1S/C24H20N4O3S/c1-15-8-9-18(12-16(15)2)22-23(17-6-4-3-5-7-17)32-24(26-22)27-25-14-19-13-20(28(30)31)10-11-21(19)29/h3-14,29H,1-2H3,(H,26,27)/b25-14-. The zero-order valence-corrected chi connectivity index (χ0v) is 18.3. The number of nitro groups is 1. The average Bonchev–Trinajstić information content (AvgIpc) is 3.21. The monoisotopic (exact) mass is 444 g/mol. The summed E-state index contributed by atoms with van der Waals surface area (Å²) in [5.74, 6) is -0.0962. The lowest BCUT2D eigenvalue weighted by atomic mass is 10.0. The Labute approximate surface area is 188 Å². The van der Waals surface area contributed by atoms with Crippen molar-refractivity contribution >= 4 is 28.4 Å². The molecule has 1 aromatic heterocycles. The van der Waals surface area contributed by atoms with Gasteiger partial charge in [-0.2, -0.15) is 5.10 Å². The van der Waals surface area contributed by atoms with Gasteiger partial charge in [-0.25, -0.2) is 4.98 Å². The van der Waals surface area contributed by atoms with Crippen molar-refractivity contribution in [2.24, 2.45) is 5.10 Å². The van der Waals surface area contributed by atoms with Gasteiger partial charge in [-0.15, -0.1) is 0 Å². The first-order valence-corrected chi connectivity index (χ1v) is 10.6. The maximum Gasteiger partial charge on any atom is 0.270 e. The summed E-state index contributed by atoms with van der Waals surface area (Å²) >= 11 is 1.46. The van der Waals surface area contributed by atoms with E-state index in [0.29, 0.717) is 5.13 Å². The van der Waals surface area contributed by atoms with Gasteiger partial charge in [-0.3, -0.25) is 15.5 Å². The highest BCUT2D eigenvalue weighted by molar-refractivity contribution is 7.19. The van der Waals surface area contributed by atoms with Gasteiger partial charge < -0.3 is 5.11 Å². The van der Waals surface area contributed by atoms with Gasteiger partial charge in [-0.05, 0) is 42.7 Å². The van der Waals surface area contributed by atoms with Crippen LogP contribution in [0.15, 0.2) is 71.8 Å². The molecule has 0 radical (unpaired) electrons. The second-order valence-corrected chi connectivity index (χ2v) is 8.23. The number of hydrogen-bond acceptors (Lipinski definition) is 7. The topological polar surface area (TPSA) is 101 Å². The summed E-state index contributed by atoms with van der Waals surface area (Å²) in [5.41, 5.74) is 8.31. The van der Waals surface area contributed by atoms with E-state index in [-0.39, 0.29) is 17.0 Å². The van der Waals surface area contributed by atoms with Crippen LogP contribution in [0.3, 0.4) is 0 Å². The number of phenols is 1. The van der Waals surface area contributed by atoms with E-state index in [1.807, 2.05) is 30.3 Å². The van der Waals surface area contributed by atoms with E-state index in [1.165, 1.54) is 46.9 Å². The van der Waals surface area contributed by atoms with Crippen LogP contribution in [0.1, 0.15) is 16.7 Å². The Morgan fingerprint density at radius 1 is 1.03 bits per heavy atom. The first-order valence-electron chi connectivity index (χ1n) is 9.83. The van der Waals surface area contributed by atoms with E-state index in [4.69, 9.17) is 4.98 Å². The molecule has 32 heavy (non-hydrogen) atoms. The average molecular weight is 445 g/mol. The third-order valence-electron chi connectivity index (χ3n) is 5.03.